The van der Waals surface area contributed by atoms with Crippen molar-refractivity contribution in [2.45, 2.75) is 0 Å². The molecule has 0 amide bonds. The lowest BCUT2D eigenvalue weighted by atomic mass is 10.2. The molecular formula is C8H5BrClFO2S. The van der Waals surface area contributed by atoms with Gasteiger partial charge in [-0.15, -0.1) is 0 Å². The van der Waals surface area contributed by atoms with E-state index in [1.165, 1.54) is 24.3 Å². The molecule has 0 aliphatic carbocycles. The highest BCUT2D eigenvalue weighted by Crippen LogP contribution is 2.20. The molecule has 1 aromatic rings. The Balaban J connectivity index is 3.05. The monoisotopic (exact) mass is 298 g/mol. The summed E-state index contributed by atoms with van der Waals surface area (Å²) in [5, 5.41) is 0.840. The largest absolute Gasteiger partial charge is 0.254 e. The van der Waals surface area contributed by atoms with Crippen LogP contribution in [-0.4, -0.2) is 8.42 Å². The van der Waals surface area contributed by atoms with Gasteiger partial charge in [0.05, 0.1) is 0 Å². The van der Waals surface area contributed by atoms with E-state index < -0.39 is 14.9 Å². The van der Waals surface area contributed by atoms with E-state index in [2.05, 4.69) is 15.9 Å². The van der Waals surface area contributed by atoms with Gasteiger partial charge in [-0.1, -0.05) is 22.0 Å². The topological polar surface area (TPSA) is 34.1 Å². The molecule has 0 bridgehead atoms. The molecule has 0 unspecified atom stereocenters. The molecule has 0 spiro atoms. The van der Waals surface area contributed by atoms with Gasteiger partial charge in [0.2, 0.25) is 0 Å². The Hall–Kier alpha value is -0.390. The second-order valence-corrected chi connectivity index (χ2v) is 5.81. The van der Waals surface area contributed by atoms with Crippen LogP contribution in [0.4, 0.5) is 4.39 Å². The molecule has 0 radical (unpaired) electrons. The SMILES string of the molecule is O=S(=O)(Cl)/C=C/c1ccc(F)cc1Br. The molecule has 14 heavy (non-hydrogen) atoms. The number of hydrogen-bond acceptors (Lipinski definition) is 2. The second-order valence-electron chi connectivity index (χ2n) is 2.44. The van der Waals surface area contributed by atoms with Crippen molar-refractivity contribution in [3.05, 3.63) is 39.5 Å². The number of benzene rings is 1. The van der Waals surface area contributed by atoms with Crippen LogP contribution in [0.5, 0.6) is 0 Å². The molecular weight excluding hydrogens is 295 g/mol. The fourth-order valence-electron chi connectivity index (χ4n) is 0.791. The zero-order chi connectivity index (χ0) is 10.8. The van der Waals surface area contributed by atoms with E-state index in [9.17, 15) is 12.8 Å². The number of halogens is 3. The summed E-state index contributed by atoms with van der Waals surface area (Å²) in [6.45, 7) is 0. The predicted octanol–water partition coefficient (Wildman–Crippen LogP) is 3.13. The minimum Gasteiger partial charge on any atom is -0.208 e. The van der Waals surface area contributed by atoms with Gasteiger partial charge in [-0.05, 0) is 23.8 Å². The van der Waals surface area contributed by atoms with Crippen LogP contribution < -0.4 is 0 Å². The van der Waals surface area contributed by atoms with E-state index in [4.69, 9.17) is 10.7 Å². The Labute approximate surface area is 93.9 Å². The maximum absolute atomic E-state index is 12.6. The average Bonchev–Trinajstić information content (AvgIpc) is 2.00. The Morgan fingerprint density at radius 2 is 2.07 bits per heavy atom. The van der Waals surface area contributed by atoms with Crippen LogP contribution in [0.1, 0.15) is 5.56 Å². The van der Waals surface area contributed by atoms with Gasteiger partial charge in [-0.25, -0.2) is 12.8 Å². The van der Waals surface area contributed by atoms with Crippen molar-refractivity contribution in [3.63, 3.8) is 0 Å². The summed E-state index contributed by atoms with van der Waals surface area (Å²) in [5.41, 5.74) is 0.538. The van der Waals surface area contributed by atoms with Gasteiger partial charge in [0.15, 0.2) is 0 Å². The van der Waals surface area contributed by atoms with Crippen molar-refractivity contribution >= 4 is 41.7 Å². The van der Waals surface area contributed by atoms with Crippen LogP contribution >= 0.6 is 26.6 Å². The molecule has 0 heterocycles. The Bertz CT molecular complexity index is 470. The lowest BCUT2D eigenvalue weighted by Gasteiger charge is -1.97. The Morgan fingerprint density at radius 3 is 2.57 bits per heavy atom. The summed E-state index contributed by atoms with van der Waals surface area (Å²) < 4.78 is 34.2. The van der Waals surface area contributed by atoms with Crippen LogP contribution in [0.3, 0.4) is 0 Å². The van der Waals surface area contributed by atoms with Crippen molar-refractivity contribution in [2.24, 2.45) is 0 Å². The van der Waals surface area contributed by atoms with Crippen molar-refractivity contribution in [1.29, 1.82) is 0 Å². The summed E-state index contributed by atoms with van der Waals surface area (Å²) in [6, 6.07) is 3.91. The minimum absolute atomic E-state index is 0.400. The quantitative estimate of drug-likeness (QED) is 0.786. The van der Waals surface area contributed by atoms with Crippen LogP contribution in [0.15, 0.2) is 28.1 Å². The first-order valence-electron chi connectivity index (χ1n) is 3.46. The summed E-state index contributed by atoms with van der Waals surface area (Å²) in [6.07, 6.45) is 1.28. The Morgan fingerprint density at radius 1 is 1.43 bits per heavy atom. The van der Waals surface area contributed by atoms with Gasteiger partial charge in [0.1, 0.15) is 5.82 Å². The van der Waals surface area contributed by atoms with Gasteiger partial charge < -0.3 is 0 Å². The van der Waals surface area contributed by atoms with E-state index in [1.54, 1.807) is 0 Å². The molecule has 1 rings (SSSR count). The first-order valence-corrected chi connectivity index (χ1v) is 6.63. The highest BCUT2D eigenvalue weighted by Gasteiger charge is 2.00. The van der Waals surface area contributed by atoms with Crippen LogP contribution in [0.25, 0.3) is 6.08 Å². The maximum Gasteiger partial charge on any atom is 0.254 e. The third kappa shape index (κ3) is 3.77. The van der Waals surface area contributed by atoms with Gasteiger partial charge in [0, 0.05) is 20.6 Å². The third-order valence-corrected chi connectivity index (χ3v) is 2.83. The minimum atomic E-state index is -3.67. The molecule has 1 aromatic carbocycles. The zero-order valence-corrected chi connectivity index (χ0v) is 9.90. The fourth-order valence-corrected chi connectivity index (χ4v) is 1.74. The van der Waals surface area contributed by atoms with Gasteiger partial charge >= 0.3 is 0 Å². The lowest BCUT2D eigenvalue weighted by molar-refractivity contribution is 0.617. The third-order valence-electron chi connectivity index (χ3n) is 1.37. The first-order chi connectivity index (χ1) is 6.38. The fraction of sp³-hybridized carbons (Fsp3) is 0. The van der Waals surface area contributed by atoms with Crippen molar-refractivity contribution in [3.8, 4) is 0 Å². The molecule has 0 saturated heterocycles. The van der Waals surface area contributed by atoms with Crippen LogP contribution in [-0.2, 0) is 9.05 Å². The van der Waals surface area contributed by atoms with E-state index in [1.807, 2.05) is 0 Å². The molecule has 0 fully saturated rings. The highest BCUT2D eigenvalue weighted by molar-refractivity contribution is 9.10. The summed E-state index contributed by atoms with van der Waals surface area (Å²) >= 11 is 3.09. The number of rotatable bonds is 2. The lowest BCUT2D eigenvalue weighted by Crippen LogP contribution is -1.82. The van der Waals surface area contributed by atoms with Gasteiger partial charge in [-0.2, -0.15) is 0 Å². The van der Waals surface area contributed by atoms with Gasteiger partial charge in [-0.3, -0.25) is 0 Å². The maximum atomic E-state index is 12.6. The van der Waals surface area contributed by atoms with E-state index in [0.717, 1.165) is 5.41 Å². The van der Waals surface area contributed by atoms with E-state index >= 15 is 0 Å². The summed E-state index contributed by atoms with van der Waals surface area (Å²) in [7, 11) is 1.29. The summed E-state index contributed by atoms with van der Waals surface area (Å²) in [5.74, 6) is -0.400. The molecule has 6 heteroatoms. The molecule has 2 nitrogen and oxygen atoms in total. The normalized spacial score (nSPS) is 12.2. The smallest absolute Gasteiger partial charge is 0.208 e. The van der Waals surface area contributed by atoms with E-state index in [-0.39, 0.29) is 0 Å². The summed E-state index contributed by atoms with van der Waals surface area (Å²) in [4.78, 5) is 0. The van der Waals surface area contributed by atoms with Crippen molar-refractivity contribution in [2.75, 3.05) is 0 Å². The molecule has 0 atom stereocenters. The van der Waals surface area contributed by atoms with E-state index in [0.29, 0.717) is 10.0 Å². The molecule has 0 aromatic heterocycles. The molecule has 0 aliphatic rings. The second kappa shape index (κ2) is 4.42. The standard InChI is InChI=1S/C8H5BrClFO2S/c9-8-5-7(11)2-1-6(8)3-4-14(10,12)13/h1-5H/b4-3+. The molecule has 0 saturated carbocycles. The first kappa shape index (κ1) is 11.7. The molecule has 0 aliphatic heterocycles. The van der Waals surface area contributed by atoms with Crippen LogP contribution in [0.2, 0.25) is 0 Å². The highest BCUT2D eigenvalue weighted by atomic mass is 79.9. The average molecular weight is 300 g/mol. The van der Waals surface area contributed by atoms with Crippen LogP contribution in [0, 0.1) is 5.82 Å². The van der Waals surface area contributed by atoms with Crippen molar-refractivity contribution in [1.82, 2.24) is 0 Å². The Kier molecular flexibility index (Phi) is 3.69. The zero-order valence-electron chi connectivity index (χ0n) is 6.75. The molecule has 0 N–H and O–H groups in total. The number of hydrogen-bond donors (Lipinski definition) is 0. The van der Waals surface area contributed by atoms with Gasteiger partial charge in [0.25, 0.3) is 9.05 Å². The predicted molar refractivity (Wildman–Crippen MR) is 57.9 cm³/mol. The van der Waals surface area contributed by atoms with Crippen molar-refractivity contribution < 1.29 is 12.8 Å². The molecule has 76 valence electrons.